The number of benzene rings is 1. The number of hydrogen-bond acceptors (Lipinski definition) is 5. The molecule has 0 amide bonds. The van der Waals surface area contributed by atoms with E-state index in [1.165, 1.54) is 24.8 Å². The molecular formula is C17H23N5. The van der Waals surface area contributed by atoms with E-state index in [0.717, 1.165) is 37.9 Å². The molecule has 5 heteroatoms. The second kappa shape index (κ2) is 7.20. The third-order valence-corrected chi connectivity index (χ3v) is 4.10. The SMILES string of the molecule is CCN(Cc1ccccc1)c1nncc(N2CCCCC2)n1. The Bertz CT molecular complexity index is 581. The molecule has 1 saturated heterocycles. The van der Waals surface area contributed by atoms with Crippen LogP contribution in [0, 0.1) is 0 Å². The van der Waals surface area contributed by atoms with E-state index < -0.39 is 0 Å². The van der Waals surface area contributed by atoms with Gasteiger partial charge in [0.15, 0.2) is 5.82 Å². The third kappa shape index (κ3) is 3.53. The van der Waals surface area contributed by atoms with Crippen LogP contribution in [-0.4, -0.2) is 34.8 Å². The fourth-order valence-corrected chi connectivity index (χ4v) is 2.82. The summed E-state index contributed by atoms with van der Waals surface area (Å²) in [5.74, 6) is 1.67. The number of anilines is 2. The summed E-state index contributed by atoms with van der Waals surface area (Å²) in [6, 6.07) is 10.4. The monoisotopic (exact) mass is 297 g/mol. The van der Waals surface area contributed by atoms with Crippen molar-refractivity contribution in [3.8, 4) is 0 Å². The van der Waals surface area contributed by atoms with Crippen molar-refractivity contribution in [1.29, 1.82) is 0 Å². The smallest absolute Gasteiger partial charge is 0.247 e. The van der Waals surface area contributed by atoms with Gasteiger partial charge in [0.25, 0.3) is 0 Å². The topological polar surface area (TPSA) is 45.2 Å². The first kappa shape index (κ1) is 14.8. The predicted octanol–water partition coefficient (Wildman–Crippen LogP) is 2.89. The molecule has 0 aliphatic carbocycles. The zero-order valence-electron chi connectivity index (χ0n) is 13.1. The lowest BCUT2D eigenvalue weighted by atomic mass is 10.1. The van der Waals surface area contributed by atoms with Crippen LogP contribution in [0.25, 0.3) is 0 Å². The Hall–Kier alpha value is -2.17. The maximum Gasteiger partial charge on any atom is 0.247 e. The second-order valence-electron chi connectivity index (χ2n) is 5.66. The first-order chi connectivity index (χ1) is 10.9. The fourth-order valence-electron chi connectivity index (χ4n) is 2.82. The van der Waals surface area contributed by atoms with Crippen LogP contribution < -0.4 is 9.80 Å². The molecule has 1 aromatic carbocycles. The average Bonchev–Trinajstić information content (AvgIpc) is 2.61. The van der Waals surface area contributed by atoms with Gasteiger partial charge in [0.2, 0.25) is 5.95 Å². The Morgan fingerprint density at radius 2 is 1.86 bits per heavy atom. The zero-order chi connectivity index (χ0) is 15.2. The highest BCUT2D eigenvalue weighted by atomic mass is 15.3. The van der Waals surface area contributed by atoms with Crippen LogP contribution in [0.3, 0.4) is 0 Å². The summed E-state index contributed by atoms with van der Waals surface area (Å²) in [5, 5.41) is 8.41. The Labute approximate surface area is 132 Å². The van der Waals surface area contributed by atoms with Gasteiger partial charge in [-0.2, -0.15) is 10.1 Å². The molecule has 1 fully saturated rings. The van der Waals surface area contributed by atoms with Crippen LogP contribution in [0.2, 0.25) is 0 Å². The fraction of sp³-hybridized carbons (Fsp3) is 0.471. The summed E-state index contributed by atoms with van der Waals surface area (Å²) in [5.41, 5.74) is 1.26. The predicted molar refractivity (Wildman–Crippen MR) is 89.1 cm³/mol. The molecule has 3 rings (SSSR count). The Morgan fingerprint density at radius 3 is 2.59 bits per heavy atom. The third-order valence-electron chi connectivity index (χ3n) is 4.10. The first-order valence-corrected chi connectivity index (χ1v) is 8.10. The van der Waals surface area contributed by atoms with Gasteiger partial charge < -0.3 is 9.80 Å². The molecule has 1 aromatic heterocycles. The van der Waals surface area contributed by atoms with Crippen molar-refractivity contribution in [3.05, 3.63) is 42.1 Å². The molecule has 0 N–H and O–H groups in total. The number of piperidine rings is 1. The van der Waals surface area contributed by atoms with Crippen molar-refractivity contribution in [2.24, 2.45) is 0 Å². The minimum atomic E-state index is 0.717. The summed E-state index contributed by atoms with van der Waals surface area (Å²) in [7, 11) is 0. The van der Waals surface area contributed by atoms with E-state index in [-0.39, 0.29) is 0 Å². The number of aromatic nitrogens is 3. The minimum absolute atomic E-state index is 0.717. The lowest BCUT2D eigenvalue weighted by Gasteiger charge is -2.28. The van der Waals surface area contributed by atoms with Gasteiger partial charge >= 0.3 is 0 Å². The van der Waals surface area contributed by atoms with Crippen molar-refractivity contribution in [2.75, 3.05) is 29.4 Å². The summed E-state index contributed by atoms with van der Waals surface area (Å²) >= 11 is 0. The lowest BCUT2D eigenvalue weighted by Crippen LogP contribution is -2.31. The van der Waals surface area contributed by atoms with E-state index in [2.05, 4.69) is 51.2 Å². The number of nitrogens with zero attached hydrogens (tertiary/aromatic N) is 5. The standard InChI is InChI=1S/C17H23N5/c1-2-21(14-15-9-5-3-6-10-15)17-19-16(13-18-20-17)22-11-7-4-8-12-22/h3,5-6,9-10,13H,2,4,7-8,11-12,14H2,1H3. The van der Waals surface area contributed by atoms with Gasteiger partial charge in [-0.05, 0) is 31.7 Å². The maximum atomic E-state index is 4.74. The van der Waals surface area contributed by atoms with Crippen LogP contribution in [0.4, 0.5) is 11.8 Å². The summed E-state index contributed by atoms with van der Waals surface area (Å²) in [4.78, 5) is 9.22. The average molecular weight is 297 g/mol. The van der Waals surface area contributed by atoms with Crippen molar-refractivity contribution in [2.45, 2.75) is 32.7 Å². The quantitative estimate of drug-likeness (QED) is 0.849. The highest BCUT2D eigenvalue weighted by Crippen LogP contribution is 2.19. The van der Waals surface area contributed by atoms with E-state index in [9.17, 15) is 0 Å². The molecule has 0 saturated carbocycles. The Morgan fingerprint density at radius 1 is 1.09 bits per heavy atom. The molecule has 1 aliphatic rings. The highest BCUT2D eigenvalue weighted by molar-refractivity contribution is 5.42. The van der Waals surface area contributed by atoms with Crippen molar-refractivity contribution in [3.63, 3.8) is 0 Å². The normalized spacial score (nSPS) is 14.9. The van der Waals surface area contributed by atoms with Gasteiger partial charge in [-0.25, -0.2) is 0 Å². The van der Waals surface area contributed by atoms with Gasteiger partial charge in [0.05, 0.1) is 6.20 Å². The number of rotatable bonds is 5. The summed E-state index contributed by atoms with van der Waals surface area (Å²) in [6.07, 6.45) is 5.57. The largest absolute Gasteiger partial charge is 0.355 e. The van der Waals surface area contributed by atoms with Crippen LogP contribution in [0.5, 0.6) is 0 Å². The molecular weight excluding hydrogens is 274 g/mol. The molecule has 0 atom stereocenters. The molecule has 5 nitrogen and oxygen atoms in total. The van der Waals surface area contributed by atoms with Crippen molar-refractivity contribution in [1.82, 2.24) is 15.2 Å². The molecule has 116 valence electrons. The van der Waals surface area contributed by atoms with Crippen molar-refractivity contribution < 1.29 is 0 Å². The molecule has 0 unspecified atom stereocenters. The van der Waals surface area contributed by atoms with Crippen LogP contribution >= 0.6 is 0 Å². The second-order valence-corrected chi connectivity index (χ2v) is 5.66. The van der Waals surface area contributed by atoms with E-state index >= 15 is 0 Å². The van der Waals surface area contributed by atoms with E-state index in [0.29, 0.717) is 0 Å². The van der Waals surface area contributed by atoms with Gasteiger partial charge in [-0.3, -0.25) is 0 Å². The van der Waals surface area contributed by atoms with E-state index in [1.54, 1.807) is 6.20 Å². The zero-order valence-corrected chi connectivity index (χ0v) is 13.1. The summed E-state index contributed by atoms with van der Waals surface area (Å²) < 4.78 is 0. The van der Waals surface area contributed by atoms with Crippen LogP contribution in [0.15, 0.2) is 36.5 Å². The van der Waals surface area contributed by atoms with Crippen LogP contribution in [0.1, 0.15) is 31.7 Å². The maximum absolute atomic E-state index is 4.74. The minimum Gasteiger partial charge on any atom is -0.355 e. The van der Waals surface area contributed by atoms with Gasteiger partial charge in [-0.1, -0.05) is 30.3 Å². The van der Waals surface area contributed by atoms with Crippen LogP contribution in [-0.2, 0) is 6.54 Å². The Balaban J connectivity index is 1.77. The summed E-state index contributed by atoms with van der Waals surface area (Å²) in [6.45, 7) is 5.94. The van der Waals surface area contributed by atoms with Gasteiger partial charge in [0, 0.05) is 26.2 Å². The van der Waals surface area contributed by atoms with E-state index in [1.807, 2.05) is 6.07 Å². The molecule has 1 aliphatic heterocycles. The molecule has 0 spiro atoms. The molecule has 22 heavy (non-hydrogen) atoms. The molecule has 2 heterocycles. The van der Waals surface area contributed by atoms with Crippen molar-refractivity contribution >= 4 is 11.8 Å². The number of hydrogen-bond donors (Lipinski definition) is 0. The van der Waals surface area contributed by atoms with Gasteiger partial charge in [-0.15, -0.1) is 5.10 Å². The van der Waals surface area contributed by atoms with Gasteiger partial charge in [0.1, 0.15) is 0 Å². The molecule has 0 bridgehead atoms. The molecule has 0 radical (unpaired) electrons. The lowest BCUT2D eigenvalue weighted by molar-refractivity contribution is 0.571. The Kier molecular flexibility index (Phi) is 4.83. The highest BCUT2D eigenvalue weighted by Gasteiger charge is 2.15. The van der Waals surface area contributed by atoms with E-state index in [4.69, 9.17) is 4.98 Å². The first-order valence-electron chi connectivity index (χ1n) is 8.10. The molecule has 2 aromatic rings.